The smallest absolute Gasteiger partial charge is 0.255 e. The lowest BCUT2D eigenvalue weighted by Gasteiger charge is -2.15. The van der Waals surface area contributed by atoms with Crippen LogP contribution in [0.3, 0.4) is 0 Å². The summed E-state index contributed by atoms with van der Waals surface area (Å²) in [4.78, 5) is 16.6. The number of rotatable bonds is 5. The van der Waals surface area contributed by atoms with Gasteiger partial charge in [0.25, 0.3) is 5.91 Å². The van der Waals surface area contributed by atoms with Crippen molar-refractivity contribution >= 4 is 27.7 Å². The van der Waals surface area contributed by atoms with E-state index in [4.69, 9.17) is 4.74 Å². The van der Waals surface area contributed by atoms with Crippen LogP contribution in [0.4, 0.5) is 5.82 Å². The van der Waals surface area contributed by atoms with E-state index in [9.17, 15) is 4.79 Å². The van der Waals surface area contributed by atoms with Gasteiger partial charge < -0.3 is 15.4 Å². The SMILES string of the molecule is CCNc1ncc(Br)cc1C(=O)NC1CCC(OC)C1. The molecule has 0 bridgehead atoms. The van der Waals surface area contributed by atoms with Gasteiger partial charge in [-0.25, -0.2) is 4.98 Å². The van der Waals surface area contributed by atoms with E-state index in [0.717, 1.165) is 30.3 Å². The summed E-state index contributed by atoms with van der Waals surface area (Å²) in [6.45, 7) is 2.70. The third-order valence-electron chi connectivity index (χ3n) is 3.50. The summed E-state index contributed by atoms with van der Waals surface area (Å²) < 4.78 is 6.12. The molecule has 1 heterocycles. The van der Waals surface area contributed by atoms with Crippen molar-refractivity contribution in [1.29, 1.82) is 0 Å². The Balaban J connectivity index is 2.07. The Hall–Kier alpha value is -1.14. The molecule has 0 spiro atoms. The Morgan fingerprint density at radius 2 is 2.35 bits per heavy atom. The molecule has 6 heteroatoms. The van der Waals surface area contributed by atoms with Crippen molar-refractivity contribution in [2.75, 3.05) is 19.0 Å². The van der Waals surface area contributed by atoms with Crippen LogP contribution in [-0.4, -0.2) is 36.7 Å². The van der Waals surface area contributed by atoms with E-state index in [2.05, 4.69) is 31.5 Å². The quantitative estimate of drug-likeness (QED) is 0.863. The monoisotopic (exact) mass is 341 g/mol. The van der Waals surface area contributed by atoms with Crippen molar-refractivity contribution in [3.05, 3.63) is 22.3 Å². The fourth-order valence-electron chi connectivity index (χ4n) is 2.47. The van der Waals surface area contributed by atoms with Crippen LogP contribution in [0, 0.1) is 0 Å². The highest BCUT2D eigenvalue weighted by atomic mass is 79.9. The van der Waals surface area contributed by atoms with Crippen molar-refractivity contribution in [2.45, 2.75) is 38.3 Å². The Morgan fingerprint density at radius 1 is 1.55 bits per heavy atom. The largest absolute Gasteiger partial charge is 0.381 e. The molecule has 1 amide bonds. The van der Waals surface area contributed by atoms with E-state index in [-0.39, 0.29) is 18.1 Å². The molecule has 2 N–H and O–H groups in total. The summed E-state index contributed by atoms with van der Waals surface area (Å²) in [5, 5.41) is 6.18. The molecule has 2 atom stereocenters. The maximum atomic E-state index is 12.4. The summed E-state index contributed by atoms with van der Waals surface area (Å²) in [7, 11) is 1.72. The van der Waals surface area contributed by atoms with E-state index in [1.54, 1.807) is 19.4 Å². The molecule has 110 valence electrons. The second kappa shape index (κ2) is 7.04. The predicted octanol–water partition coefficient (Wildman–Crippen LogP) is 2.57. The zero-order valence-corrected chi connectivity index (χ0v) is 13.4. The molecule has 1 aliphatic rings. The normalized spacial score (nSPS) is 21.8. The van der Waals surface area contributed by atoms with E-state index < -0.39 is 0 Å². The van der Waals surface area contributed by atoms with Gasteiger partial charge in [-0.1, -0.05) is 0 Å². The minimum atomic E-state index is -0.0866. The summed E-state index contributed by atoms with van der Waals surface area (Å²) in [6.07, 6.45) is 4.78. The van der Waals surface area contributed by atoms with Gasteiger partial charge in [0, 0.05) is 30.4 Å². The van der Waals surface area contributed by atoms with Crippen LogP contribution in [0.5, 0.6) is 0 Å². The van der Waals surface area contributed by atoms with Gasteiger partial charge in [-0.15, -0.1) is 0 Å². The lowest BCUT2D eigenvalue weighted by atomic mass is 10.2. The Morgan fingerprint density at radius 3 is 3.00 bits per heavy atom. The summed E-state index contributed by atoms with van der Waals surface area (Å²) in [6, 6.07) is 1.98. The van der Waals surface area contributed by atoms with Gasteiger partial charge in [0.05, 0.1) is 11.7 Å². The minimum absolute atomic E-state index is 0.0866. The van der Waals surface area contributed by atoms with E-state index in [1.165, 1.54) is 0 Å². The first-order valence-electron chi connectivity index (χ1n) is 6.87. The highest BCUT2D eigenvalue weighted by molar-refractivity contribution is 9.10. The molecule has 2 unspecified atom stereocenters. The zero-order chi connectivity index (χ0) is 14.5. The molecule has 5 nitrogen and oxygen atoms in total. The van der Waals surface area contributed by atoms with Crippen LogP contribution in [0.15, 0.2) is 16.7 Å². The van der Waals surface area contributed by atoms with Gasteiger partial charge in [0.1, 0.15) is 5.82 Å². The number of methoxy groups -OCH3 is 1. The number of amides is 1. The second-order valence-corrected chi connectivity index (χ2v) is 5.84. The Bertz CT molecular complexity index is 481. The zero-order valence-electron chi connectivity index (χ0n) is 11.8. The molecule has 20 heavy (non-hydrogen) atoms. The molecule has 1 aromatic heterocycles. The highest BCUT2D eigenvalue weighted by Gasteiger charge is 2.26. The third kappa shape index (κ3) is 3.70. The van der Waals surface area contributed by atoms with Crippen molar-refractivity contribution in [1.82, 2.24) is 10.3 Å². The molecule has 1 aromatic rings. The predicted molar refractivity (Wildman–Crippen MR) is 82.0 cm³/mol. The molecule has 0 radical (unpaired) electrons. The standard InChI is InChI=1S/C14H20BrN3O2/c1-3-16-13-12(6-9(15)8-17-13)14(19)18-10-4-5-11(7-10)20-2/h6,8,10-11H,3-5,7H2,1-2H3,(H,16,17)(H,18,19). The van der Waals surface area contributed by atoms with E-state index in [0.29, 0.717) is 11.4 Å². The van der Waals surface area contributed by atoms with Gasteiger partial charge in [0.15, 0.2) is 0 Å². The van der Waals surface area contributed by atoms with Gasteiger partial charge in [-0.2, -0.15) is 0 Å². The minimum Gasteiger partial charge on any atom is -0.381 e. The Labute approximate surface area is 127 Å². The molecule has 0 aliphatic heterocycles. The summed E-state index contributed by atoms with van der Waals surface area (Å²) >= 11 is 3.36. The van der Waals surface area contributed by atoms with Gasteiger partial charge in [-0.3, -0.25) is 4.79 Å². The van der Waals surface area contributed by atoms with Crippen LogP contribution < -0.4 is 10.6 Å². The number of aromatic nitrogens is 1. The molecule has 2 rings (SSSR count). The van der Waals surface area contributed by atoms with Crippen molar-refractivity contribution in [3.63, 3.8) is 0 Å². The topological polar surface area (TPSA) is 63.2 Å². The highest BCUT2D eigenvalue weighted by Crippen LogP contribution is 2.23. The van der Waals surface area contributed by atoms with E-state index >= 15 is 0 Å². The fourth-order valence-corrected chi connectivity index (χ4v) is 2.80. The summed E-state index contributed by atoms with van der Waals surface area (Å²) in [5.41, 5.74) is 0.571. The van der Waals surface area contributed by atoms with Crippen molar-refractivity contribution < 1.29 is 9.53 Å². The average molecular weight is 342 g/mol. The molecular weight excluding hydrogens is 322 g/mol. The summed E-state index contributed by atoms with van der Waals surface area (Å²) in [5.74, 6) is 0.533. The van der Waals surface area contributed by atoms with Crippen LogP contribution in [0.2, 0.25) is 0 Å². The molecule has 1 saturated carbocycles. The van der Waals surface area contributed by atoms with Crippen LogP contribution in [-0.2, 0) is 4.74 Å². The number of nitrogens with zero attached hydrogens (tertiary/aromatic N) is 1. The van der Waals surface area contributed by atoms with E-state index in [1.807, 2.05) is 6.92 Å². The van der Waals surface area contributed by atoms with Crippen LogP contribution in [0.25, 0.3) is 0 Å². The van der Waals surface area contributed by atoms with Crippen LogP contribution >= 0.6 is 15.9 Å². The molecule has 1 aliphatic carbocycles. The third-order valence-corrected chi connectivity index (χ3v) is 3.93. The number of ether oxygens (including phenoxy) is 1. The van der Waals surface area contributed by atoms with Gasteiger partial charge in [0.2, 0.25) is 0 Å². The lowest BCUT2D eigenvalue weighted by molar-refractivity contribution is 0.0915. The maximum Gasteiger partial charge on any atom is 0.255 e. The number of carbonyl (C=O) groups is 1. The molecule has 0 saturated heterocycles. The number of anilines is 1. The number of hydrogen-bond donors (Lipinski definition) is 2. The molecule has 1 fully saturated rings. The average Bonchev–Trinajstić information content (AvgIpc) is 2.88. The van der Waals surface area contributed by atoms with Gasteiger partial charge >= 0.3 is 0 Å². The van der Waals surface area contributed by atoms with Gasteiger partial charge in [-0.05, 0) is 48.2 Å². The van der Waals surface area contributed by atoms with Crippen molar-refractivity contribution in [3.8, 4) is 0 Å². The molecule has 0 aromatic carbocycles. The first-order chi connectivity index (χ1) is 9.63. The second-order valence-electron chi connectivity index (χ2n) is 4.92. The number of halogens is 1. The van der Waals surface area contributed by atoms with Crippen LogP contribution in [0.1, 0.15) is 36.5 Å². The Kier molecular flexibility index (Phi) is 5.37. The van der Waals surface area contributed by atoms with Crippen molar-refractivity contribution in [2.24, 2.45) is 0 Å². The maximum absolute atomic E-state index is 12.4. The first-order valence-corrected chi connectivity index (χ1v) is 7.66. The number of carbonyl (C=O) groups excluding carboxylic acids is 1. The number of nitrogens with one attached hydrogen (secondary N) is 2. The number of hydrogen-bond acceptors (Lipinski definition) is 4. The lowest BCUT2D eigenvalue weighted by Crippen LogP contribution is -2.34. The molecular formula is C14H20BrN3O2. The fraction of sp³-hybridized carbons (Fsp3) is 0.571. The first kappa shape index (κ1) is 15.3. The number of pyridine rings is 1.